The van der Waals surface area contributed by atoms with Crippen LogP contribution in [0.5, 0.6) is 5.75 Å². The van der Waals surface area contributed by atoms with E-state index < -0.39 is 35.6 Å². The summed E-state index contributed by atoms with van der Waals surface area (Å²) in [6.07, 6.45) is 1.30. The van der Waals surface area contributed by atoms with Crippen molar-refractivity contribution in [3.63, 3.8) is 0 Å². The number of aliphatic carboxylic acids is 1. The predicted molar refractivity (Wildman–Crippen MR) is 87.6 cm³/mol. The zero-order valence-corrected chi connectivity index (χ0v) is 13.6. The molecule has 0 bridgehead atoms. The number of aliphatic hydroxyl groups is 3. The number of para-hydroxylation sites is 1. The Bertz CT molecular complexity index is 568. The molecule has 1 fully saturated rings. The van der Waals surface area contributed by atoms with Crippen molar-refractivity contribution in [2.24, 2.45) is 11.8 Å². The van der Waals surface area contributed by atoms with E-state index in [1.807, 2.05) is 18.2 Å². The van der Waals surface area contributed by atoms with Crippen LogP contribution in [0.4, 0.5) is 0 Å². The van der Waals surface area contributed by atoms with Crippen LogP contribution < -0.4 is 4.74 Å². The molecule has 0 radical (unpaired) electrons. The third kappa shape index (κ3) is 5.06. The van der Waals surface area contributed by atoms with Gasteiger partial charge in [0.2, 0.25) is 0 Å². The Hall–Kier alpha value is -1.89. The predicted octanol–water partition coefficient (Wildman–Crippen LogP) is 1.21. The highest BCUT2D eigenvalue weighted by atomic mass is 16.5. The molecule has 5 atom stereocenters. The van der Waals surface area contributed by atoms with E-state index in [0.717, 1.165) is 0 Å². The van der Waals surface area contributed by atoms with Crippen molar-refractivity contribution < 1.29 is 30.0 Å². The smallest absolute Gasteiger partial charge is 0.303 e. The summed E-state index contributed by atoms with van der Waals surface area (Å²) in [5, 5.41) is 39.3. The molecule has 0 aromatic heterocycles. The number of rotatable bonds is 7. The maximum atomic E-state index is 10.9. The van der Waals surface area contributed by atoms with Crippen LogP contribution in [0.25, 0.3) is 0 Å². The van der Waals surface area contributed by atoms with Crippen molar-refractivity contribution in [1.82, 2.24) is 0 Å². The van der Waals surface area contributed by atoms with E-state index in [-0.39, 0.29) is 19.4 Å². The highest BCUT2D eigenvalue weighted by molar-refractivity contribution is 5.67. The van der Waals surface area contributed by atoms with Crippen LogP contribution >= 0.6 is 0 Å². The fourth-order valence-corrected chi connectivity index (χ4v) is 2.98. The number of ether oxygens (including phenoxy) is 1. The molecule has 132 valence electrons. The standard InChI is InChI=1S/C18H24O6/c1-18(23,11-24-12-5-3-2-4-6-12)8-7-13-14(9-17(21)22)16(20)10-15(13)19/h2-8,13-16,19-20,23H,9-11H2,1H3,(H,21,22)/t13-,14-,15-,16+,18?/m1/s1. The molecular weight excluding hydrogens is 312 g/mol. The minimum Gasteiger partial charge on any atom is -0.490 e. The first-order valence-electron chi connectivity index (χ1n) is 7.96. The number of carbonyl (C=O) groups is 1. The monoisotopic (exact) mass is 336 g/mol. The Morgan fingerprint density at radius 1 is 1.29 bits per heavy atom. The summed E-state index contributed by atoms with van der Waals surface area (Å²) < 4.78 is 5.52. The lowest BCUT2D eigenvalue weighted by atomic mass is 9.89. The second-order valence-corrected chi connectivity index (χ2v) is 6.53. The molecule has 2 rings (SSSR count). The summed E-state index contributed by atoms with van der Waals surface area (Å²) in [6.45, 7) is 1.58. The molecule has 6 heteroatoms. The summed E-state index contributed by atoms with van der Waals surface area (Å²) in [7, 11) is 0. The minimum absolute atomic E-state index is 0.0163. The maximum Gasteiger partial charge on any atom is 0.303 e. The number of carboxylic acid groups (broad SMARTS) is 1. The van der Waals surface area contributed by atoms with Crippen LogP contribution in [0.3, 0.4) is 0 Å². The molecule has 0 heterocycles. The molecule has 4 N–H and O–H groups in total. The number of aliphatic hydroxyl groups excluding tert-OH is 2. The molecule has 1 aromatic carbocycles. The highest BCUT2D eigenvalue weighted by Gasteiger charge is 2.41. The number of carboxylic acids is 1. The zero-order valence-electron chi connectivity index (χ0n) is 13.6. The lowest BCUT2D eigenvalue weighted by molar-refractivity contribution is -0.139. The maximum absolute atomic E-state index is 10.9. The largest absolute Gasteiger partial charge is 0.490 e. The molecule has 0 saturated heterocycles. The Balaban J connectivity index is 1.99. The average Bonchev–Trinajstić information content (AvgIpc) is 2.78. The molecule has 0 spiro atoms. The van der Waals surface area contributed by atoms with Crippen molar-refractivity contribution in [2.45, 2.75) is 37.6 Å². The third-order valence-corrected chi connectivity index (χ3v) is 4.28. The fourth-order valence-electron chi connectivity index (χ4n) is 2.98. The van der Waals surface area contributed by atoms with E-state index in [0.29, 0.717) is 5.75 Å². The van der Waals surface area contributed by atoms with E-state index >= 15 is 0 Å². The average molecular weight is 336 g/mol. The van der Waals surface area contributed by atoms with Gasteiger partial charge in [-0.1, -0.05) is 30.4 Å². The molecule has 0 amide bonds. The van der Waals surface area contributed by atoms with Crippen molar-refractivity contribution in [3.05, 3.63) is 42.5 Å². The van der Waals surface area contributed by atoms with E-state index in [1.165, 1.54) is 6.08 Å². The van der Waals surface area contributed by atoms with E-state index in [9.17, 15) is 20.1 Å². The van der Waals surface area contributed by atoms with Crippen molar-refractivity contribution in [1.29, 1.82) is 0 Å². The zero-order chi connectivity index (χ0) is 17.7. The second kappa shape index (κ2) is 7.79. The fraction of sp³-hybridized carbons (Fsp3) is 0.500. The Labute approximate surface area is 141 Å². The van der Waals surface area contributed by atoms with E-state index in [2.05, 4.69) is 0 Å². The van der Waals surface area contributed by atoms with Gasteiger partial charge in [-0.15, -0.1) is 0 Å². The first-order chi connectivity index (χ1) is 11.3. The first kappa shape index (κ1) is 18.4. The number of hydrogen-bond donors (Lipinski definition) is 4. The van der Waals surface area contributed by atoms with Crippen LogP contribution in [-0.2, 0) is 4.79 Å². The molecule has 1 aliphatic rings. The molecule has 0 aliphatic heterocycles. The Kier molecular flexibility index (Phi) is 5.99. The van der Waals surface area contributed by atoms with Crippen LogP contribution in [0.1, 0.15) is 19.8 Å². The van der Waals surface area contributed by atoms with Gasteiger partial charge in [-0.3, -0.25) is 4.79 Å². The van der Waals surface area contributed by atoms with Gasteiger partial charge in [0.15, 0.2) is 0 Å². The Morgan fingerprint density at radius 2 is 1.96 bits per heavy atom. The van der Waals surface area contributed by atoms with Crippen molar-refractivity contribution >= 4 is 5.97 Å². The van der Waals surface area contributed by atoms with E-state index in [1.54, 1.807) is 25.1 Å². The van der Waals surface area contributed by atoms with Gasteiger partial charge < -0.3 is 25.2 Å². The normalized spacial score (nSPS) is 29.5. The van der Waals surface area contributed by atoms with Crippen LogP contribution in [-0.4, -0.2) is 50.8 Å². The summed E-state index contributed by atoms with van der Waals surface area (Å²) in [5.74, 6) is -1.48. The van der Waals surface area contributed by atoms with Gasteiger partial charge in [0.25, 0.3) is 0 Å². The molecule has 1 saturated carbocycles. The molecule has 6 nitrogen and oxygen atoms in total. The lowest BCUT2D eigenvalue weighted by Gasteiger charge is -2.23. The van der Waals surface area contributed by atoms with Crippen LogP contribution in [0.15, 0.2) is 42.5 Å². The summed E-state index contributed by atoms with van der Waals surface area (Å²) in [5.41, 5.74) is -1.28. The highest BCUT2D eigenvalue weighted by Crippen LogP contribution is 2.36. The third-order valence-electron chi connectivity index (χ3n) is 4.28. The molecule has 1 aromatic rings. The van der Waals surface area contributed by atoms with Crippen LogP contribution in [0, 0.1) is 11.8 Å². The summed E-state index contributed by atoms with van der Waals surface area (Å²) in [6, 6.07) is 9.07. The SMILES string of the molecule is CC(O)(C=C[C@@H]1[C@@H](CC(=O)O)[C@@H](O)C[C@H]1O)COc1ccccc1. The van der Waals surface area contributed by atoms with Gasteiger partial charge in [-0.25, -0.2) is 0 Å². The molecule has 24 heavy (non-hydrogen) atoms. The summed E-state index contributed by atoms with van der Waals surface area (Å²) in [4.78, 5) is 10.9. The van der Waals surface area contributed by atoms with E-state index in [4.69, 9.17) is 9.84 Å². The van der Waals surface area contributed by atoms with Gasteiger partial charge in [-0.2, -0.15) is 0 Å². The van der Waals surface area contributed by atoms with Crippen LogP contribution in [0.2, 0.25) is 0 Å². The lowest BCUT2D eigenvalue weighted by Crippen LogP contribution is -2.31. The quantitative estimate of drug-likeness (QED) is 0.558. The van der Waals surface area contributed by atoms with Gasteiger partial charge in [0, 0.05) is 18.3 Å². The Morgan fingerprint density at radius 3 is 2.58 bits per heavy atom. The molecule has 1 unspecified atom stereocenters. The number of benzene rings is 1. The van der Waals surface area contributed by atoms with Gasteiger partial charge in [0.1, 0.15) is 18.0 Å². The molecule has 1 aliphatic carbocycles. The first-order valence-corrected chi connectivity index (χ1v) is 7.96. The summed E-state index contributed by atoms with van der Waals surface area (Å²) >= 11 is 0. The molecular formula is C18H24O6. The number of hydrogen-bond acceptors (Lipinski definition) is 5. The minimum atomic E-state index is -1.28. The van der Waals surface area contributed by atoms with Crippen molar-refractivity contribution in [3.8, 4) is 5.75 Å². The van der Waals surface area contributed by atoms with Gasteiger partial charge in [0.05, 0.1) is 18.6 Å². The van der Waals surface area contributed by atoms with Gasteiger partial charge in [-0.05, 0) is 19.1 Å². The van der Waals surface area contributed by atoms with Crippen molar-refractivity contribution in [2.75, 3.05) is 6.61 Å². The van der Waals surface area contributed by atoms with Gasteiger partial charge >= 0.3 is 5.97 Å². The topological polar surface area (TPSA) is 107 Å². The second-order valence-electron chi connectivity index (χ2n) is 6.53.